The van der Waals surface area contributed by atoms with Crippen molar-refractivity contribution >= 4 is 11.8 Å². The molecule has 0 bridgehead atoms. The average molecular weight is 262 g/mol. The van der Waals surface area contributed by atoms with Crippen molar-refractivity contribution in [3.05, 3.63) is 62.9 Å². The Labute approximate surface area is 109 Å². The van der Waals surface area contributed by atoms with Gasteiger partial charge in [0.2, 0.25) is 0 Å². The van der Waals surface area contributed by atoms with Crippen LogP contribution in [-0.4, -0.2) is 15.4 Å². The quantitative estimate of drug-likeness (QED) is 0.619. The first-order valence-corrected chi connectivity index (χ1v) is 6.73. The van der Waals surface area contributed by atoms with Crippen molar-refractivity contribution in [2.24, 2.45) is 7.05 Å². The zero-order chi connectivity index (χ0) is 13.1. The standard InChI is InChI=1S/C13H14N2O2S/c1-14-7-8-15(13(17)12(14)16)9-10-3-5-11(18-2)6-4-10/h3-8H,9H2,1-2H3. The summed E-state index contributed by atoms with van der Waals surface area (Å²) in [7, 11) is 1.57. The Bertz CT molecular complexity index is 656. The maximum absolute atomic E-state index is 11.7. The molecule has 0 saturated carbocycles. The molecule has 0 radical (unpaired) electrons. The van der Waals surface area contributed by atoms with Gasteiger partial charge in [-0.1, -0.05) is 12.1 Å². The minimum atomic E-state index is -0.502. The molecule has 0 aliphatic heterocycles. The Morgan fingerprint density at radius 3 is 2.33 bits per heavy atom. The van der Waals surface area contributed by atoms with Crippen molar-refractivity contribution in [3.8, 4) is 0 Å². The summed E-state index contributed by atoms with van der Waals surface area (Å²) in [4.78, 5) is 24.4. The third-order valence-corrected chi connectivity index (χ3v) is 3.49. The van der Waals surface area contributed by atoms with Crippen molar-refractivity contribution in [1.29, 1.82) is 0 Å². The van der Waals surface area contributed by atoms with Gasteiger partial charge in [0.1, 0.15) is 0 Å². The molecular formula is C13H14N2O2S. The summed E-state index contributed by atoms with van der Waals surface area (Å²) >= 11 is 1.67. The van der Waals surface area contributed by atoms with Gasteiger partial charge >= 0.3 is 11.1 Å². The van der Waals surface area contributed by atoms with Crippen LogP contribution in [0.3, 0.4) is 0 Å². The molecule has 0 aliphatic rings. The normalized spacial score (nSPS) is 10.6. The molecule has 4 nitrogen and oxygen atoms in total. The Balaban J connectivity index is 2.31. The van der Waals surface area contributed by atoms with E-state index in [2.05, 4.69) is 0 Å². The van der Waals surface area contributed by atoms with E-state index in [1.165, 1.54) is 14.0 Å². The van der Waals surface area contributed by atoms with Gasteiger partial charge in [-0.05, 0) is 24.0 Å². The Morgan fingerprint density at radius 2 is 1.72 bits per heavy atom. The second kappa shape index (κ2) is 5.27. The van der Waals surface area contributed by atoms with Crippen LogP contribution in [0.15, 0.2) is 51.1 Å². The molecule has 0 N–H and O–H groups in total. The van der Waals surface area contributed by atoms with Crippen LogP contribution in [0.4, 0.5) is 0 Å². The number of nitrogens with zero attached hydrogens (tertiary/aromatic N) is 2. The molecule has 1 heterocycles. The Morgan fingerprint density at radius 1 is 1.06 bits per heavy atom. The highest BCUT2D eigenvalue weighted by Crippen LogP contribution is 2.14. The number of hydrogen-bond donors (Lipinski definition) is 0. The van der Waals surface area contributed by atoms with Crippen LogP contribution in [-0.2, 0) is 13.6 Å². The van der Waals surface area contributed by atoms with E-state index >= 15 is 0 Å². The van der Waals surface area contributed by atoms with Gasteiger partial charge in [0.05, 0.1) is 6.54 Å². The van der Waals surface area contributed by atoms with Gasteiger partial charge in [-0.2, -0.15) is 0 Å². The van der Waals surface area contributed by atoms with Crippen LogP contribution in [0.5, 0.6) is 0 Å². The Kier molecular flexibility index (Phi) is 3.72. The fourth-order valence-corrected chi connectivity index (χ4v) is 2.05. The van der Waals surface area contributed by atoms with Gasteiger partial charge in [-0.25, -0.2) is 0 Å². The maximum Gasteiger partial charge on any atom is 0.316 e. The monoisotopic (exact) mass is 262 g/mol. The number of aryl methyl sites for hydroxylation is 1. The van der Waals surface area contributed by atoms with E-state index in [4.69, 9.17) is 0 Å². The predicted molar refractivity (Wildman–Crippen MR) is 73.3 cm³/mol. The fraction of sp³-hybridized carbons (Fsp3) is 0.231. The van der Waals surface area contributed by atoms with Gasteiger partial charge in [-0.15, -0.1) is 11.8 Å². The molecule has 0 saturated heterocycles. The molecule has 0 amide bonds. The van der Waals surface area contributed by atoms with Gasteiger partial charge in [-0.3, -0.25) is 9.59 Å². The maximum atomic E-state index is 11.7. The third-order valence-electron chi connectivity index (χ3n) is 2.75. The van der Waals surface area contributed by atoms with Gasteiger partial charge in [0.15, 0.2) is 0 Å². The minimum absolute atomic E-state index is 0.420. The number of thioether (sulfide) groups is 1. The van der Waals surface area contributed by atoms with Crippen molar-refractivity contribution < 1.29 is 0 Å². The third kappa shape index (κ3) is 2.56. The number of benzene rings is 1. The lowest BCUT2D eigenvalue weighted by Gasteiger charge is -2.06. The van der Waals surface area contributed by atoms with E-state index in [-0.39, 0.29) is 0 Å². The molecular weight excluding hydrogens is 248 g/mol. The molecule has 2 aromatic rings. The van der Waals surface area contributed by atoms with E-state index in [0.29, 0.717) is 6.54 Å². The lowest BCUT2D eigenvalue weighted by atomic mass is 10.2. The second-order valence-electron chi connectivity index (χ2n) is 4.00. The summed E-state index contributed by atoms with van der Waals surface area (Å²) in [6, 6.07) is 7.95. The van der Waals surface area contributed by atoms with Crippen LogP contribution in [0.1, 0.15) is 5.56 Å². The van der Waals surface area contributed by atoms with Crippen LogP contribution in [0.25, 0.3) is 0 Å². The van der Waals surface area contributed by atoms with Crippen molar-refractivity contribution in [1.82, 2.24) is 9.13 Å². The molecule has 2 rings (SSSR count). The summed E-state index contributed by atoms with van der Waals surface area (Å²) in [5.74, 6) is 0. The molecule has 0 unspecified atom stereocenters. The lowest BCUT2D eigenvalue weighted by molar-refractivity contribution is 0.695. The van der Waals surface area contributed by atoms with Crippen molar-refractivity contribution in [3.63, 3.8) is 0 Å². The van der Waals surface area contributed by atoms with E-state index < -0.39 is 11.1 Å². The van der Waals surface area contributed by atoms with Gasteiger partial charge in [0.25, 0.3) is 0 Å². The second-order valence-corrected chi connectivity index (χ2v) is 4.87. The zero-order valence-electron chi connectivity index (χ0n) is 10.3. The SMILES string of the molecule is CSc1ccc(Cn2ccn(C)c(=O)c2=O)cc1. The number of rotatable bonds is 3. The molecule has 94 valence electrons. The van der Waals surface area contributed by atoms with Gasteiger partial charge in [0, 0.05) is 24.3 Å². The lowest BCUT2D eigenvalue weighted by Crippen LogP contribution is -2.39. The summed E-state index contributed by atoms with van der Waals surface area (Å²) < 4.78 is 2.71. The van der Waals surface area contributed by atoms with E-state index in [1.54, 1.807) is 31.2 Å². The number of hydrogen-bond acceptors (Lipinski definition) is 3. The highest BCUT2D eigenvalue weighted by Gasteiger charge is 2.03. The smallest absolute Gasteiger partial charge is 0.312 e. The summed E-state index contributed by atoms with van der Waals surface area (Å²) in [6.45, 7) is 0.420. The number of aromatic nitrogens is 2. The minimum Gasteiger partial charge on any atom is -0.312 e. The van der Waals surface area contributed by atoms with E-state index in [9.17, 15) is 9.59 Å². The first-order chi connectivity index (χ1) is 8.61. The van der Waals surface area contributed by atoms with Crippen molar-refractivity contribution in [2.75, 3.05) is 6.26 Å². The molecule has 18 heavy (non-hydrogen) atoms. The molecule has 1 aromatic carbocycles. The van der Waals surface area contributed by atoms with Crippen LogP contribution >= 0.6 is 11.8 Å². The first-order valence-electron chi connectivity index (χ1n) is 5.51. The van der Waals surface area contributed by atoms with Crippen LogP contribution < -0.4 is 11.1 Å². The first kappa shape index (κ1) is 12.7. The molecule has 0 spiro atoms. The highest BCUT2D eigenvalue weighted by atomic mass is 32.2. The molecule has 1 aromatic heterocycles. The topological polar surface area (TPSA) is 44.0 Å². The van der Waals surface area contributed by atoms with E-state index in [0.717, 1.165) is 5.56 Å². The Hall–Kier alpha value is -1.75. The average Bonchev–Trinajstić information content (AvgIpc) is 2.40. The van der Waals surface area contributed by atoms with Gasteiger partial charge < -0.3 is 9.13 Å². The van der Waals surface area contributed by atoms with Crippen molar-refractivity contribution in [2.45, 2.75) is 11.4 Å². The van der Waals surface area contributed by atoms with Crippen LogP contribution in [0.2, 0.25) is 0 Å². The largest absolute Gasteiger partial charge is 0.316 e. The summed E-state index contributed by atoms with van der Waals surface area (Å²) in [6.07, 6.45) is 5.24. The molecule has 0 atom stereocenters. The summed E-state index contributed by atoms with van der Waals surface area (Å²) in [5.41, 5.74) is 0.00956. The zero-order valence-corrected chi connectivity index (χ0v) is 11.1. The molecule has 0 aliphatic carbocycles. The predicted octanol–water partition coefficient (Wildman–Crippen LogP) is 1.32. The summed E-state index contributed by atoms with van der Waals surface area (Å²) in [5, 5.41) is 0. The van der Waals surface area contributed by atoms with Crippen LogP contribution in [0, 0.1) is 0 Å². The van der Waals surface area contributed by atoms with E-state index in [1.807, 2.05) is 30.5 Å². The molecule has 0 fully saturated rings. The highest BCUT2D eigenvalue weighted by molar-refractivity contribution is 7.98. The fourth-order valence-electron chi connectivity index (χ4n) is 1.64. The molecule has 5 heteroatoms.